The highest BCUT2D eigenvalue weighted by atomic mass is 16.5. The van der Waals surface area contributed by atoms with Gasteiger partial charge in [0.05, 0.1) is 33.8 Å². The summed E-state index contributed by atoms with van der Waals surface area (Å²) >= 11 is 0. The highest BCUT2D eigenvalue weighted by molar-refractivity contribution is 7.00. The van der Waals surface area contributed by atoms with Crippen LogP contribution >= 0.6 is 0 Å². The van der Waals surface area contributed by atoms with Crippen LogP contribution in [0.3, 0.4) is 0 Å². The van der Waals surface area contributed by atoms with Crippen LogP contribution in [-0.4, -0.2) is 16.7 Å². The van der Waals surface area contributed by atoms with Gasteiger partial charge in [0, 0.05) is 51.6 Å². The van der Waals surface area contributed by atoms with E-state index in [1.165, 1.54) is 38.3 Å². The van der Waals surface area contributed by atoms with E-state index >= 15 is 0 Å². The van der Waals surface area contributed by atoms with Gasteiger partial charge in [0.15, 0.2) is 23.0 Å². The van der Waals surface area contributed by atoms with Crippen molar-refractivity contribution in [1.82, 2.24) is 9.97 Å². The number of anilines is 9. The van der Waals surface area contributed by atoms with Crippen LogP contribution in [0.1, 0.15) is 0 Å². The Bertz CT molecular complexity index is 3880. The molecule has 336 valence electrons. The van der Waals surface area contributed by atoms with Gasteiger partial charge in [0.1, 0.15) is 0 Å². The zero-order valence-corrected chi connectivity index (χ0v) is 38.7. The van der Waals surface area contributed by atoms with Crippen LogP contribution in [0.15, 0.2) is 243 Å². The standard InChI is InChI=1S/C64H40BN5O2/c1-2-16-52-47(13-1)49-38-37-48-50-14-11-39-66-63(50)64-51(15-12-40-67-64)61(48)62(49)65(52)41-25-27-42(28-26-41)68(43-29-33-45(34-30-43)69-53-17-3-7-21-57(53)71-58-22-8-4-18-54(58)69)44-31-35-46(36-32-44)70-55-19-5-9-23-59(55)72-60-24-10-6-20-56(60)70/h1-40H. The van der Waals surface area contributed by atoms with Gasteiger partial charge in [-0.05, 0) is 143 Å². The van der Waals surface area contributed by atoms with Gasteiger partial charge in [0.2, 0.25) is 6.71 Å². The molecule has 72 heavy (non-hydrogen) atoms. The van der Waals surface area contributed by atoms with E-state index in [0.717, 1.165) is 96.0 Å². The van der Waals surface area contributed by atoms with E-state index in [2.05, 4.69) is 185 Å². The number of pyridine rings is 2. The number of ether oxygens (including phenoxy) is 2. The third kappa shape index (κ3) is 6.12. The molecule has 0 unspecified atom stereocenters. The zero-order chi connectivity index (χ0) is 47.3. The van der Waals surface area contributed by atoms with Crippen LogP contribution in [0.25, 0.3) is 43.7 Å². The van der Waals surface area contributed by atoms with Crippen molar-refractivity contribution in [3.05, 3.63) is 243 Å². The lowest BCUT2D eigenvalue weighted by atomic mass is 9.38. The largest absolute Gasteiger partial charge is 0.453 e. The lowest BCUT2D eigenvalue weighted by molar-refractivity contribution is 0.477. The lowest BCUT2D eigenvalue weighted by Gasteiger charge is -2.34. The SMILES string of the molecule is c1ccc2c(c1)Oc1ccccc1N2c1ccc(N(c2ccc(B3c4ccccc4-c4ccc5c6cccnc6c6ncccc6c5c43)cc2)c2ccc(N3c4ccccc4Oc4ccccc43)cc2)cc1. The normalized spacial score (nSPS) is 12.9. The summed E-state index contributed by atoms with van der Waals surface area (Å²) in [4.78, 5) is 16.7. The number of hydrogen-bond acceptors (Lipinski definition) is 7. The molecule has 2 aromatic heterocycles. The fourth-order valence-corrected chi connectivity index (χ4v) is 11.5. The van der Waals surface area contributed by atoms with Gasteiger partial charge in [-0.25, -0.2) is 0 Å². The van der Waals surface area contributed by atoms with Gasteiger partial charge in [-0.3, -0.25) is 9.97 Å². The second kappa shape index (κ2) is 16.0. The molecule has 0 saturated heterocycles. The molecule has 0 radical (unpaired) electrons. The molecule has 3 aliphatic rings. The summed E-state index contributed by atoms with van der Waals surface area (Å²) in [6.07, 6.45) is 3.75. The van der Waals surface area contributed by atoms with Crippen molar-refractivity contribution in [3.63, 3.8) is 0 Å². The Hall–Kier alpha value is -9.66. The first-order valence-electron chi connectivity index (χ1n) is 24.3. The van der Waals surface area contributed by atoms with Gasteiger partial charge in [-0.15, -0.1) is 0 Å². The topological polar surface area (TPSA) is 54.0 Å². The van der Waals surface area contributed by atoms with E-state index in [0.29, 0.717) is 0 Å². The van der Waals surface area contributed by atoms with Crippen molar-refractivity contribution < 1.29 is 9.47 Å². The first-order valence-corrected chi connectivity index (χ1v) is 24.3. The highest BCUT2D eigenvalue weighted by Gasteiger charge is 2.36. The zero-order valence-electron chi connectivity index (χ0n) is 38.7. The number of fused-ring (bicyclic) bond motifs is 14. The fourth-order valence-electron chi connectivity index (χ4n) is 11.5. The summed E-state index contributed by atoms with van der Waals surface area (Å²) in [5.41, 5.74) is 17.4. The van der Waals surface area contributed by atoms with E-state index in [9.17, 15) is 0 Å². The Morgan fingerprint density at radius 2 is 0.806 bits per heavy atom. The molecule has 5 heterocycles. The molecule has 0 spiro atoms. The second-order valence-electron chi connectivity index (χ2n) is 18.5. The minimum Gasteiger partial charge on any atom is -0.453 e. The van der Waals surface area contributed by atoms with Gasteiger partial charge in [-0.2, -0.15) is 0 Å². The van der Waals surface area contributed by atoms with E-state index in [-0.39, 0.29) is 6.71 Å². The molecular weight excluding hydrogens is 882 g/mol. The predicted molar refractivity (Wildman–Crippen MR) is 295 cm³/mol. The number of para-hydroxylation sites is 8. The first-order chi connectivity index (χ1) is 35.7. The molecule has 7 nitrogen and oxygen atoms in total. The molecule has 0 aliphatic carbocycles. The van der Waals surface area contributed by atoms with Crippen molar-refractivity contribution in [3.8, 4) is 34.1 Å². The van der Waals surface area contributed by atoms with Gasteiger partial charge in [-0.1, -0.05) is 126 Å². The molecule has 15 rings (SSSR count). The average Bonchev–Trinajstić information content (AvgIpc) is 3.79. The summed E-state index contributed by atoms with van der Waals surface area (Å²) in [6, 6.07) is 81.8. The molecule has 0 fully saturated rings. The molecule has 0 N–H and O–H groups in total. The number of hydrogen-bond donors (Lipinski definition) is 0. The molecule has 0 bridgehead atoms. The first kappa shape index (κ1) is 40.3. The molecule has 0 saturated carbocycles. The highest BCUT2D eigenvalue weighted by Crippen LogP contribution is 2.52. The Kier molecular flexibility index (Phi) is 8.92. The monoisotopic (exact) mass is 921 g/mol. The maximum atomic E-state index is 6.38. The van der Waals surface area contributed by atoms with Crippen molar-refractivity contribution in [2.24, 2.45) is 0 Å². The number of rotatable bonds is 6. The van der Waals surface area contributed by atoms with Crippen LogP contribution in [0, 0.1) is 0 Å². The summed E-state index contributed by atoms with van der Waals surface area (Å²) in [7, 11) is 0. The van der Waals surface area contributed by atoms with E-state index in [1.54, 1.807) is 0 Å². The summed E-state index contributed by atoms with van der Waals surface area (Å²) < 4.78 is 12.8. The van der Waals surface area contributed by atoms with E-state index < -0.39 is 0 Å². The quantitative estimate of drug-likeness (QED) is 0.122. The predicted octanol–water partition coefficient (Wildman–Crippen LogP) is 15.1. The number of benzene rings is 10. The number of nitrogens with zero attached hydrogens (tertiary/aromatic N) is 5. The van der Waals surface area contributed by atoms with Crippen molar-refractivity contribution in [1.29, 1.82) is 0 Å². The van der Waals surface area contributed by atoms with Gasteiger partial charge >= 0.3 is 0 Å². The maximum absolute atomic E-state index is 6.38. The minimum absolute atomic E-state index is 0.00273. The molecule has 3 aliphatic heterocycles. The van der Waals surface area contributed by atoms with Crippen LogP contribution in [-0.2, 0) is 0 Å². The molecule has 10 aromatic carbocycles. The third-order valence-electron chi connectivity index (χ3n) is 14.6. The van der Waals surface area contributed by atoms with Gasteiger partial charge < -0.3 is 24.2 Å². The van der Waals surface area contributed by atoms with Crippen molar-refractivity contribution in [2.75, 3.05) is 14.7 Å². The Labute approximate surface area is 416 Å². The summed E-state index contributed by atoms with van der Waals surface area (Å²) in [5.74, 6) is 3.29. The molecule has 12 aromatic rings. The van der Waals surface area contributed by atoms with E-state index in [1.807, 2.05) is 73.1 Å². The van der Waals surface area contributed by atoms with Crippen LogP contribution in [0.4, 0.5) is 51.2 Å². The van der Waals surface area contributed by atoms with Crippen molar-refractivity contribution >= 4 is 107 Å². The minimum atomic E-state index is -0.00273. The lowest BCUT2D eigenvalue weighted by Crippen LogP contribution is -2.49. The van der Waals surface area contributed by atoms with E-state index in [4.69, 9.17) is 19.4 Å². The fraction of sp³-hybridized carbons (Fsp3) is 0. The number of aromatic nitrogens is 2. The molecule has 8 heteroatoms. The Morgan fingerprint density at radius 3 is 1.33 bits per heavy atom. The summed E-state index contributed by atoms with van der Waals surface area (Å²) in [5, 5.41) is 4.66. The maximum Gasteiger partial charge on any atom is 0.243 e. The van der Waals surface area contributed by atoms with Crippen LogP contribution < -0.4 is 40.6 Å². The van der Waals surface area contributed by atoms with Crippen LogP contribution in [0.2, 0.25) is 0 Å². The smallest absolute Gasteiger partial charge is 0.243 e. The van der Waals surface area contributed by atoms with Crippen molar-refractivity contribution in [2.45, 2.75) is 0 Å². The van der Waals surface area contributed by atoms with Crippen LogP contribution in [0.5, 0.6) is 23.0 Å². The molecular formula is C64H40BN5O2. The Morgan fingerprint density at radius 1 is 0.361 bits per heavy atom. The Balaban J connectivity index is 0.871. The summed E-state index contributed by atoms with van der Waals surface area (Å²) in [6.45, 7) is -0.00273. The third-order valence-corrected chi connectivity index (χ3v) is 14.6. The molecule has 0 atom stereocenters. The average molecular weight is 922 g/mol. The second-order valence-corrected chi connectivity index (χ2v) is 18.5. The van der Waals surface area contributed by atoms with Gasteiger partial charge in [0.25, 0.3) is 0 Å². The molecule has 0 amide bonds.